The highest BCUT2D eigenvalue weighted by molar-refractivity contribution is 5.92. The zero-order valence-electron chi connectivity index (χ0n) is 12.2. The van der Waals surface area contributed by atoms with Gasteiger partial charge in [-0.15, -0.1) is 0 Å². The third-order valence-corrected chi connectivity index (χ3v) is 3.99. The molecule has 1 atom stereocenters. The normalized spacial score (nSPS) is 20.6. The molecule has 1 saturated heterocycles. The average Bonchev–Trinajstić information content (AvgIpc) is 2.66. The highest BCUT2D eigenvalue weighted by atomic mass is 16.5. The zero-order valence-corrected chi connectivity index (χ0v) is 12.2. The van der Waals surface area contributed by atoms with Crippen molar-refractivity contribution >= 4 is 5.91 Å². The molecule has 110 valence electrons. The van der Waals surface area contributed by atoms with Gasteiger partial charge >= 0.3 is 0 Å². The van der Waals surface area contributed by atoms with Crippen LogP contribution in [0.25, 0.3) is 0 Å². The van der Waals surface area contributed by atoms with Gasteiger partial charge in [0.25, 0.3) is 0 Å². The SMILES string of the molecule is COCC1CCCN(Cc2ccc(C(N)=O)cc2)CC1. The van der Waals surface area contributed by atoms with E-state index in [2.05, 4.69) is 4.90 Å². The Balaban J connectivity index is 1.88. The number of methoxy groups -OCH3 is 1. The Hall–Kier alpha value is -1.39. The molecule has 0 bridgehead atoms. The van der Waals surface area contributed by atoms with Gasteiger partial charge in [0.05, 0.1) is 0 Å². The monoisotopic (exact) mass is 276 g/mol. The first-order chi connectivity index (χ1) is 9.69. The predicted molar refractivity (Wildman–Crippen MR) is 79.5 cm³/mol. The molecule has 20 heavy (non-hydrogen) atoms. The number of amides is 1. The lowest BCUT2D eigenvalue weighted by molar-refractivity contribution is 0.100. The summed E-state index contributed by atoms with van der Waals surface area (Å²) in [6.07, 6.45) is 3.69. The minimum Gasteiger partial charge on any atom is -0.384 e. The first-order valence-electron chi connectivity index (χ1n) is 7.29. The van der Waals surface area contributed by atoms with Crippen molar-refractivity contribution in [1.29, 1.82) is 0 Å². The van der Waals surface area contributed by atoms with Crippen LogP contribution in [0.1, 0.15) is 35.2 Å². The molecule has 0 saturated carbocycles. The van der Waals surface area contributed by atoms with Crippen LogP contribution < -0.4 is 5.73 Å². The van der Waals surface area contributed by atoms with Gasteiger partial charge in [0.2, 0.25) is 5.91 Å². The lowest BCUT2D eigenvalue weighted by Gasteiger charge is -2.20. The van der Waals surface area contributed by atoms with Gasteiger partial charge in [-0.25, -0.2) is 0 Å². The van der Waals surface area contributed by atoms with Gasteiger partial charge in [-0.2, -0.15) is 0 Å². The van der Waals surface area contributed by atoms with Crippen molar-refractivity contribution < 1.29 is 9.53 Å². The van der Waals surface area contributed by atoms with Gasteiger partial charge in [0, 0.05) is 25.8 Å². The number of carbonyl (C=O) groups is 1. The molecule has 1 aliphatic rings. The van der Waals surface area contributed by atoms with Crippen LogP contribution in [0.2, 0.25) is 0 Å². The number of likely N-dealkylation sites (tertiary alicyclic amines) is 1. The summed E-state index contributed by atoms with van der Waals surface area (Å²) in [6.45, 7) is 4.07. The molecule has 0 aliphatic carbocycles. The summed E-state index contributed by atoms with van der Waals surface area (Å²) < 4.78 is 5.26. The van der Waals surface area contributed by atoms with Crippen molar-refractivity contribution in [2.75, 3.05) is 26.8 Å². The largest absolute Gasteiger partial charge is 0.384 e. The maximum atomic E-state index is 11.0. The number of benzene rings is 1. The van der Waals surface area contributed by atoms with Crippen molar-refractivity contribution in [1.82, 2.24) is 4.90 Å². The summed E-state index contributed by atoms with van der Waals surface area (Å²) >= 11 is 0. The predicted octanol–water partition coefficient (Wildman–Crippen LogP) is 2.03. The third kappa shape index (κ3) is 4.32. The lowest BCUT2D eigenvalue weighted by atomic mass is 10.0. The van der Waals surface area contributed by atoms with E-state index in [-0.39, 0.29) is 5.91 Å². The van der Waals surface area contributed by atoms with E-state index >= 15 is 0 Å². The van der Waals surface area contributed by atoms with Crippen LogP contribution in [0.3, 0.4) is 0 Å². The number of primary amides is 1. The van der Waals surface area contributed by atoms with Crippen molar-refractivity contribution in [2.24, 2.45) is 11.7 Å². The summed E-state index contributed by atoms with van der Waals surface area (Å²) in [7, 11) is 1.78. The number of nitrogens with two attached hydrogens (primary N) is 1. The van der Waals surface area contributed by atoms with E-state index in [1.165, 1.54) is 24.8 Å². The van der Waals surface area contributed by atoms with E-state index in [1.54, 1.807) is 7.11 Å². The quantitative estimate of drug-likeness (QED) is 0.895. The van der Waals surface area contributed by atoms with E-state index in [9.17, 15) is 4.79 Å². The minimum absolute atomic E-state index is 0.367. The Labute approximate surface area is 120 Å². The van der Waals surface area contributed by atoms with E-state index in [0.29, 0.717) is 11.5 Å². The number of nitrogens with zero attached hydrogens (tertiary/aromatic N) is 1. The van der Waals surface area contributed by atoms with Crippen LogP contribution >= 0.6 is 0 Å². The second kappa shape index (κ2) is 7.41. The summed E-state index contributed by atoms with van der Waals surface area (Å²) in [5.41, 5.74) is 7.06. The van der Waals surface area contributed by atoms with Gasteiger partial charge in [-0.1, -0.05) is 12.1 Å². The topological polar surface area (TPSA) is 55.6 Å². The average molecular weight is 276 g/mol. The molecule has 1 amide bonds. The van der Waals surface area contributed by atoms with Crippen LogP contribution in [0, 0.1) is 5.92 Å². The molecule has 0 radical (unpaired) electrons. The molecular weight excluding hydrogens is 252 g/mol. The van der Waals surface area contributed by atoms with Crippen LogP contribution in [-0.2, 0) is 11.3 Å². The number of hydrogen-bond acceptors (Lipinski definition) is 3. The number of hydrogen-bond donors (Lipinski definition) is 1. The fraction of sp³-hybridized carbons (Fsp3) is 0.562. The molecule has 1 aromatic carbocycles. The maximum absolute atomic E-state index is 11.0. The Morgan fingerprint density at radius 1 is 1.30 bits per heavy atom. The van der Waals surface area contributed by atoms with Gasteiger partial charge in [-0.3, -0.25) is 9.69 Å². The highest BCUT2D eigenvalue weighted by Gasteiger charge is 2.17. The molecule has 1 unspecified atom stereocenters. The Kier molecular flexibility index (Phi) is 5.56. The smallest absolute Gasteiger partial charge is 0.248 e. The Morgan fingerprint density at radius 2 is 2.05 bits per heavy atom. The molecule has 4 nitrogen and oxygen atoms in total. The molecule has 0 aromatic heterocycles. The highest BCUT2D eigenvalue weighted by Crippen LogP contribution is 2.19. The van der Waals surface area contributed by atoms with Crippen LogP contribution in [0.4, 0.5) is 0 Å². The number of ether oxygens (including phenoxy) is 1. The maximum Gasteiger partial charge on any atom is 0.248 e. The zero-order chi connectivity index (χ0) is 14.4. The van der Waals surface area contributed by atoms with Crippen molar-refractivity contribution in [3.05, 3.63) is 35.4 Å². The minimum atomic E-state index is -0.367. The van der Waals surface area contributed by atoms with E-state index < -0.39 is 0 Å². The number of rotatable bonds is 5. The Bertz CT molecular complexity index is 431. The molecule has 2 rings (SSSR count). The Morgan fingerprint density at radius 3 is 2.70 bits per heavy atom. The first kappa shape index (κ1) is 15.0. The fourth-order valence-corrected chi connectivity index (χ4v) is 2.82. The van der Waals surface area contributed by atoms with Gasteiger partial charge < -0.3 is 10.5 Å². The lowest BCUT2D eigenvalue weighted by Crippen LogP contribution is -2.24. The van der Waals surface area contributed by atoms with Crippen molar-refractivity contribution in [3.63, 3.8) is 0 Å². The molecule has 4 heteroatoms. The second-order valence-electron chi connectivity index (χ2n) is 5.59. The van der Waals surface area contributed by atoms with Crippen molar-refractivity contribution in [2.45, 2.75) is 25.8 Å². The molecule has 1 aliphatic heterocycles. The summed E-state index contributed by atoms with van der Waals surface area (Å²) in [5, 5.41) is 0. The standard InChI is InChI=1S/C16H24N2O2/c1-20-12-14-3-2-9-18(10-8-14)11-13-4-6-15(7-5-13)16(17)19/h4-7,14H,2-3,8-12H2,1H3,(H2,17,19). The van der Waals surface area contributed by atoms with Gasteiger partial charge in [0.1, 0.15) is 0 Å². The van der Waals surface area contributed by atoms with Gasteiger partial charge in [0.15, 0.2) is 0 Å². The van der Waals surface area contributed by atoms with Crippen LogP contribution in [0.5, 0.6) is 0 Å². The fourth-order valence-electron chi connectivity index (χ4n) is 2.82. The summed E-state index contributed by atoms with van der Waals surface area (Å²) in [5.74, 6) is 0.330. The molecule has 1 aromatic rings. The first-order valence-corrected chi connectivity index (χ1v) is 7.29. The second-order valence-corrected chi connectivity index (χ2v) is 5.59. The third-order valence-electron chi connectivity index (χ3n) is 3.99. The van der Waals surface area contributed by atoms with Gasteiger partial charge in [-0.05, 0) is 56.0 Å². The van der Waals surface area contributed by atoms with E-state index in [4.69, 9.17) is 10.5 Å². The number of carbonyl (C=O) groups excluding carboxylic acids is 1. The summed E-state index contributed by atoms with van der Waals surface area (Å²) in [6, 6.07) is 7.61. The van der Waals surface area contributed by atoms with E-state index in [1.807, 2.05) is 24.3 Å². The molecule has 1 heterocycles. The van der Waals surface area contributed by atoms with E-state index in [0.717, 1.165) is 26.2 Å². The molecular formula is C16H24N2O2. The van der Waals surface area contributed by atoms with Crippen molar-refractivity contribution in [3.8, 4) is 0 Å². The summed E-state index contributed by atoms with van der Waals surface area (Å²) in [4.78, 5) is 13.5. The van der Waals surface area contributed by atoms with Crippen LogP contribution in [-0.4, -0.2) is 37.6 Å². The molecule has 1 fully saturated rings. The van der Waals surface area contributed by atoms with Crippen LogP contribution in [0.15, 0.2) is 24.3 Å². The molecule has 0 spiro atoms. The molecule has 2 N–H and O–H groups in total.